The van der Waals surface area contributed by atoms with Gasteiger partial charge >= 0.3 is 0 Å². The maximum atomic E-state index is 13.2. The van der Waals surface area contributed by atoms with Gasteiger partial charge in [0.15, 0.2) is 0 Å². The normalized spacial score (nSPS) is 17.0. The van der Waals surface area contributed by atoms with Crippen LogP contribution in [0.4, 0.5) is 0 Å². The van der Waals surface area contributed by atoms with Gasteiger partial charge in [0.05, 0.1) is 31.0 Å². The Labute approximate surface area is 168 Å². The SMILES string of the molecule is Cc1ccc([C@@H](CN2CCOCC2)NS(=O)(=O)c2cccc3nsnc23)cc1. The van der Waals surface area contributed by atoms with E-state index in [9.17, 15) is 8.42 Å². The van der Waals surface area contributed by atoms with Crippen LogP contribution < -0.4 is 4.72 Å². The van der Waals surface area contributed by atoms with E-state index in [1.807, 2.05) is 31.2 Å². The Bertz CT molecular complexity index is 1040. The molecule has 1 aliphatic rings. The van der Waals surface area contributed by atoms with Crippen LogP contribution in [0, 0.1) is 6.92 Å². The lowest BCUT2D eigenvalue weighted by molar-refractivity contribution is 0.0345. The van der Waals surface area contributed by atoms with Crippen molar-refractivity contribution in [1.29, 1.82) is 0 Å². The summed E-state index contributed by atoms with van der Waals surface area (Å²) in [4.78, 5) is 2.39. The van der Waals surface area contributed by atoms with E-state index in [2.05, 4.69) is 18.4 Å². The molecule has 1 aliphatic heterocycles. The van der Waals surface area contributed by atoms with Crippen LogP contribution in [0.3, 0.4) is 0 Å². The fraction of sp³-hybridized carbons (Fsp3) is 0.368. The van der Waals surface area contributed by atoms with E-state index in [0.29, 0.717) is 30.8 Å². The summed E-state index contributed by atoms with van der Waals surface area (Å²) in [5.74, 6) is 0. The number of morpholine rings is 1. The molecule has 4 rings (SSSR count). The third-order valence-electron chi connectivity index (χ3n) is 4.86. The number of ether oxygens (including phenoxy) is 1. The number of benzene rings is 2. The van der Waals surface area contributed by atoms with Gasteiger partial charge in [0.2, 0.25) is 10.0 Å². The first kappa shape index (κ1) is 19.4. The molecule has 28 heavy (non-hydrogen) atoms. The van der Waals surface area contributed by atoms with Crippen molar-refractivity contribution in [2.75, 3.05) is 32.8 Å². The smallest absolute Gasteiger partial charge is 0.243 e. The number of sulfonamides is 1. The van der Waals surface area contributed by atoms with E-state index in [0.717, 1.165) is 35.9 Å². The van der Waals surface area contributed by atoms with E-state index in [1.165, 1.54) is 0 Å². The Hall–Kier alpha value is -1.91. The number of rotatable bonds is 6. The third-order valence-corrected chi connectivity index (χ3v) is 6.91. The molecule has 3 aromatic rings. The molecule has 9 heteroatoms. The average Bonchev–Trinajstić information content (AvgIpc) is 3.17. The molecule has 0 saturated carbocycles. The lowest BCUT2D eigenvalue weighted by Crippen LogP contribution is -2.43. The van der Waals surface area contributed by atoms with Gasteiger partial charge in [-0.2, -0.15) is 8.75 Å². The Balaban J connectivity index is 1.65. The van der Waals surface area contributed by atoms with Crippen molar-refractivity contribution in [1.82, 2.24) is 18.4 Å². The second kappa shape index (κ2) is 8.22. The van der Waals surface area contributed by atoms with Gasteiger partial charge < -0.3 is 4.74 Å². The summed E-state index contributed by atoms with van der Waals surface area (Å²) < 4.78 is 43.1. The summed E-state index contributed by atoms with van der Waals surface area (Å²) in [5.41, 5.74) is 3.07. The monoisotopic (exact) mass is 418 g/mol. The van der Waals surface area contributed by atoms with Crippen LogP contribution in [0.5, 0.6) is 0 Å². The van der Waals surface area contributed by atoms with Crippen molar-refractivity contribution >= 4 is 32.8 Å². The highest BCUT2D eigenvalue weighted by molar-refractivity contribution is 7.89. The lowest BCUT2D eigenvalue weighted by atomic mass is 10.1. The maximum Gasteiger partial charge on any atom is 0.243 e. The van der Waals surface area contributed by atoms with Gasteiger partial charge in [0.25, 0.3) is 0 Å². The molecule has 1 aromatic heterocycles. The predicted octanol–water partition coefficient (Wildman–Crippen LogP) is 2.35. The van der Waals surface area contributed by atoms with E-state index in [-0.39, 0.29) is 10.9 Å². The van der Waals surface area contributed by atoms with E-state index >= 15 is 0 Å². The third kappa shape index (κ3) is 4.23. The lowest BCUT2D eigenvalue weighted by Gasteiger charge is -2.31. The minimum atomic E-state index is -3.77. The van der Waals surface area contributed by atoms with Crippen LogP contribution in [-0.2, 0) is 14.8 Å². The molecular weight excluding hydrogens is 396 g/mol. The molecule has 0 spiro atoms. The first-order chi connectivity index (χ1) is 13.5. The first-order valence-corrected chi connectivity index (χ1v) is 11.3. The Morgan fingerprint density at radius 2 is 1.89 bits per heavy atom. The molecule has 0 aliphatic carbocycles. The molecule has 7 nitrogen and oxygen atoms in total. The summed E-state index contributed by atoms with van der Waals surface area (Å²) in [6.07, 6.45) is 0. The van der Waals surface area contributed by atoms with Crippen LogP contribution in [0.1, 0.15) is 17.2 Å². The average molecular weight is 419 g/mol. The topological polar surface area (TPSA) is 84.4 Å². The summed E-state index contributed by atoms with van der Waals surface area (Å²) in [6.45, 7) is 5.50. The van der Waals surface area contributed by atoms with Crippen LogP contribution >= 0.6 is 11.7 Å². The molecule has 0 amide bonds. The highest BCUT2D eigenvalue weighted by Gasteiger charge is 2.26. The summed E-state index contributed by atoms with van der Waals surface area (Å²) >= 11 is 1.01. The number of aryl methyl sites for hydroxylation is 1. The Morgan fingerprint density at radius 1 is 1.14 bits per heavy atom. The number of hydrogen-bond donors (Lipinski definition) is 1. The first-order valence-electron chi connectivity index (χ1n) is 9.13. The summed E-state index contributed by atoms with van der Waals surface area (Å²) in [7, 11) is -3.77. The second-order valence-corrected chi connectivity index (χ2v) is 9.10. The zero-order valence-corrected chi connectivity index (χ0v) is 17.2. The van der Waals surface area contributed by atoms with Gasteiger partial charge in [-0.25, -0.2) is 13.1 Å². The molecule has 0 bridgehead atoms. The number of nitrogens with zero attached hydrogens (tertiary/aromatic N) is 3. The fourth-order valence-electron chi connectivity index (χ4n) is 3.30. The van der Waals surface area contributed by atoms with Crippen LogP contribution in [0.15, 0.2) is 47.4 Å². The minimum absolute atomic E-state index is 0.165. The van der Waals surface area contributed by atoms with Crippen molar-refractivity contribution in [2.45, 2.75) is 17.9 Å². The summed E-state index contributed by atoms with van der Waals surface area (Å²) in [6, 6.07) is 12.6. The number of aromatic nitrogens is 2. The van der Waals surface area contributed by atoms with Crippen molar-refractivity contribution in [3.05, 3.63) is 53.6 Å². The largest absolute Gasteiger partial charge is 0.379 e. The molecular formula is C19H22N4O3S2. The van der Waals surface area contributed by atoms with Crippen molar-refractivity contribution < 1.29 is 13.2 Å². The fourth-order valence-corrected chi connectivity index (χ4v) is 5.28. The molecule has 148 valence electrons. The summed E-state index contributed by atoms with van der Waals surface area (Å²) in [5, 5.41) is 0. The molecule has 2 aromatic carbocycles. The molecule has 0 unspecified atom stereocenters. The maximum absolute atomic E-state index is 13.2. The van der Waals surface area contributed by atoms with E-state index < -0.39 is 10.0 Å². The highest BCUT2D eigenvalue weighted by Crippen LogP contribution is 2.24. The van der Waals surface area contributed by atoms with E-state index in [4.69, 9.17) is 4.74 Å². The number of fused-ring (bicyclic) bond motifs is 1. The molecule has 1 atom stereocenters. The Kier molecular flexibility index (Phi) is 5.70. The zero-order chi connectivity index (χ0) is 19.6. The van der Waals surface area contributed by atoms with E-state index in [1.54, 1.807) is 18.2 Å². The second-order valence-electron chi connectivity index (χ2n) is 6.89. The number of nitrogens with one attached hydrogen (secondary N) is 1. The molecule has 0 radical (unpaired) electrons. The van der Waals surface area contributed by atoms with Gasteiger partial charge in [-0.3, -0.25) is 4.90 Å². The van der Waals surface area contributed by atoms with Gasteiger partial charge in [0, 0.05) is 19.6 Å². The van der Waals surface area contributed by atoms with Crippen LogP contribution in [0.2, 0.25) is 0 Å². The van der Waals surface area contributed by atoms with Crippen LogP contribution in [0.25, 0.3) is 11.0 Å². The standard InChI is InChI=1S/C19H22N4O3S2/c1-14-5-7-15(8-6-14)17(13-23-9-11-26-12-10-23)22-28(24,25)18-4-2-3-16-19(18)21-27-20-16/h2-8,17,22H,9-13H2,1H3/t17-/m1/s1. The Morgan fingerprint density at radius 3 is 2.64 bits per heavy atom. The van der Waals surface area contributed by atoms with Gasteiger partial charge in [-0.05, 0) is 24.6 Å². The molecule has 1 saturated heterocycles. The minimum Gasteiger partial charge on any atom is -0.379 e. The quantitative estimate of drug-likeness (QED) is 0.662. The van der Waals surface area contributed by atoms with Gasteiger partial charge in [0.1, 0.15) is 15.9 Å². The molecule has 1 N–H and O–H groups in total. The van der Waals surface area contributed by atoms with Gasteiger partial charge in [-0.1, -0.05) is 35.9 Å². The molecule has 2 heterocycles. The molecule has 1 fully saturated rings. The zero-order valence-electron chi connectivity index (χ0n) is 15.5. The van der Waals surface area contributed by atoms with Crippen LogP contribution in [-0.4, -0.2) is 54.9 Å². The van der Waals surface area contributed by atoms with Crippen molar-refractivity contribution in [3.8, 4) is 0 Å². The van der Waals surface area contributed by atoms with Crippen molar-refractivity contribution in [2.24, 2.45) is 0 Å². The van der Waals surface area contributed by atoms with Crippen molar-refractivity contribution in [3.63, 3.8) is 0 Å². The number of hydrogen-bond acceptors (Lipinski definition) is 7. The highest BCUT2D eigenvalue weighted by atomic mass is 32.2. The van der Waals surface area contributed by atoms with Gasteiger partial charge in [-0.15, -0.1) is 0 Å². The predicted molar refractivity (Wildman–Crippen MR) is 109 cm³/mol.